The molecule has 0 saturated carbocycles. The van der Waals surface area contributed by atoms with Gasteiger partial charge in [-0.2, -0.15) is 5.10 Å². The molecule has 0 spiro atoms. The summed E-state index contributed by atoms with van der Waals surface area (Å²) in [6.45, 7) is 1.29. The van der Waals surface area contributed by atoms with Gasteiger partial charge in [0, 0.05) is 26.2 Å². The van der Waals surface area contributed by atoms with Gasteiger partial charge in [0.2, 0.25) is 5.91 Å². The normalized spacial score (nSPS) is 10.7. The lowest BCUT2D eigenvalue weighted by atomic mass is 10.1. The standard InChI is InChI=1S/C17H23N5O2/c1-21(2)10-9-18-17(24)14-12-15(22(3)20-14)19-16(23)11-13-7-5-4-6-8-13/h4-8,12H,9-11H2,1-3H3,(H,18,24)(H,19,23). The van der Waals surface area contributed by atoms with Crippen LogP contribution < -0.4 is 10.6 Å². The minimum atomic E-state index is -0.254. The van der Waals surface area contributed by atoms with Crippen molar-refractivity contribution in [3.8, 4) is 0 Å². The van der Waals surface area contributed by atoms with Crippen LogP contribution in [0.1, 0.15) is 16.1 Å². The second kappa shape index (κ2) is 8.26. The number of amides is 2. The first-order valence-electron chi connectivity index (χ1n) is 7.76. The molecule has 0 radical (unpaired) electrons. The summed E-state index contributed by atoms with van der Waals surface area (Å²) in [5, 5.41) is 9.72. The van der Waals surface area contributed by atoms with Gasteiger partial charge in [-0.05, 0) is 19.7 Å². The number of rotatable bonds is 7. The molecule has 7 nitrogen and oxygen atoms in total. The van der Waals surface area contributed by atoms with E-state index in [-0.39, 0.29) is 23.9 Å². The van der Waals surface area contributed by atoms with Crippen LogP contribution in [0.15, 0.2) is 36.4 Å². The predicted molar refractivity (Wildman–Crippen MR) is 92.9 cm³/mol. The van der Waals surface area contributed by atoms with Crippen LogP contribution in [-0.2, 0) is 18.3 Å². The number of carbonyl (C=O) groups excluding carboxylic acids is 2. The Labute approximate surface area is 141 Å². The Hall–Kier alpha value is -2.67. The summed E-state index contributed by atoms with van der Waals surface area (Å²) < 4.78 is 1.49. The fourth-order valence-electron chi connectivity index (χ4n) is 2.15. The Kier molecular flexibility index (Phi) is 6.08. The van der Waals surface area contributed by atoms with E-state index in [0.717, 1.165) is 12.1 Å². The number of nitrogens with one attached hydrogen (secondary N) is 2. The molecule has 1 aromatic heterocycles. The maximum atomic E-state index is 12.1. The fourth-order valence-corrected chi connectivity index (χ4v) is 2.15. The largest absolute Gasteiger partial charge is 0.349 e. The molecule has 0 aliphatic rings. The topological polar surface area (TPSA) is 79.3 Å². The lowest BCUT2D eigenvalue weighted by molar-refractivity contribution is -0.115. The number of nitrogens with zero attached hydrogens (tertiary/aromatic N) is 3. The predicted octanol–water partition coefficient (Wildman–Crippen LogP) is 0.893. The van der Waals surface area contributed by atoms with Gasteiger partial charge in [-0.15, -0.1) is 0 Å². The maximum absolute atomic E-state index is 12.1. The van der Waals surface area contributed by atoms with Gasteiger partial charge in [-0.25, -0.2) is 0 Å². The zero-order valence-electron chi connectivity index (χ0n) is 14.2. The Morgan fingerprint density at radius 1 is 1.21 bits per heavy atom. The first-order chi connectivity index (χ1) is 11.5. The summed E-state index contributed by atoms with van der Waals surface area (Å²) in [4.78, 5) is 26.1. The number of anilines is 1. The van der Waals surface area contributed by atoms with Gasteiger partial charge in [0.25, 0.3) is 5.91 Å². The summed E-state index contributed by atoms with van der Waals surface area (Å²) in [6, 6.07) is 11.1. The quantitative estimate of drug-likeness (QED) is 0.791. The Balaban J connectivity index is 1.93. The first-order valence-corrected chi connectivity index (χ1v) is 7.76. The van der Waals surface area contributed by atoms with Gasteiger partial charge in [0.1, 0.15) is 5.82 Å². The van der Waals surface area contributed by atoms with Crippen molar-refractivity contribution in [2.45, 2.75) is 6.42 Å². The highest BCUT2D eigenvalue weighted by atomic mass is 16.2. The van der Waals surface area contributed by atoms with E-state index in [1.54, 1.807) is 13.1 Å². The number of likely N-dealkylation sites (N-methyl/N-ethyl adjacent to an activating group) is 1. The molecule has 128 valence electrons. The van der Waals surface area contributed by atoms with Gasteiger partial charge >= 0.3 is 0 Å². The molecule has 0 atom stereocenters. The van der Waals surface area contributed by atoms with E-state index >= 15 is 0 Å². The van der Waals surface area contributed by atoms with Crippen LogP contribution in [-0.4, -0.2) is 53.7 Å². The van der Waals surface area contributed by atoms with E-state index in [4.69, 9.17) is 0 Å². The molecule has 0 fully saturated rings. The van der Waals surface area contributed by atoms with E-state index in [1.807, 2.05) is 49.3 Å². The van der Waals surface area contributed by atoms with Gasteiger partial charge in [0.05, 0.1) is 6.42 Å². The van der Waals surface area contributed by atoms with Crippen LogP contribution in [0.4, 0.5) is 5.82 Å². The number of hydrogen-bond acceptors (Lipinski definition) is 4. The Morgan fingerprint density at radius 3 is 2.58 bits per heavy atom. The zero-order chi connectivity index (χ0) is 17.5. The lowest BCUT2D eigenvalue weighted by Crippen LogP contribution is -2.31. The molecule has 0 saturated heterocycles. The van der Waals surface area contributed by atoms with Gasteiger partial charge in [-0.3, -0.25) is 14.3 Å². The molecule has 2 aromatic rings. The van der Waals surface area contributed by atoms with E-state index in [1.165, 1.54) is 4.68 Å². The minimum absolute atomic E-state index is 0.149. The van der Waals surface area contributed by atoms with Gasteiger partial charge in [-0.1, -0.05) is 30.3 Å². The van der Waals surface area contributed by atoms with Gasteiger partial charge in [0.15, 0.2) is 5.69 Å². The SMILES string of the molecule is CN(C)CCNC(=O)c1cc(NC(=O)Cc2ccccc2)n(C)n1. The molecular weight excluding hydrogens is 306 g/mol. The Morgan fingerprint density at radius 2 is 1.92 bits per heavy atom. The second-order valence-electron chi connectivity index (χ2n) is 5.81. The number of carbonyl (C=O) groups is 2. The number of hydrogen-bond donors (Lipinski definition) is 2. The molecule has 1 heterocycles. The van der Waals surface area contributed by atoms with Crippen LogP contribution in [0, 0.1) is 0 Å². The smallest absolute Gasteiger partial charge is 0.271 e. The van der Waals surface area contributed by atoms with Crippen molar-refractivity contribution in [3.63, 3.8) is 0 Å². The first kappa shape index (κ1) is 17.7. The third-order valence-corrected chi connectivity index (χ3v) is 3.43. The third-order valence-electron chi connectivity index (χ3n) is 3.43. The highest BCUT2D eigenvalue weighted by Gasteiger charge is 2.14. The van der Waals surface area contributed by atoms with Crippen molar-refractivity contribution in [2.75, 3.05) is 32.5 Å². The summed E-state index contributed by atoms with van der Waals surface area (Å²) in [6.07, 6.45) is 0.274. The molecule has 2 rings (SSSR count). The fraction of sp³-hybridized carbons (Fsp3) is 0.353. The second-order valence-corrected chi connectivity index (χ2v) is 5.81. The van der Waals surface area contributed by atoms with Gasteiger partial charge < -0.3 is 15.5 Å². The highest BCUT2D eigenvalue weighted by Crippen LogP contribution is 2.10. The van der Waals surface area contributed by atoms with E-state index in [9.17, 15) is 9.59 Å². The molecule has 24 heavy (non-hydrogen) atoms. The monoisotopic (exact) mass is 329 g/mol. The molecule has 0 bridgehead atoms. The number of aryl methyl sites for hydroxylation is 1. The number of aromatic nitrogens is 2. The average Bonchev–Trinajstić information content (AvgIpc) is 2.89. The van der Waals surface area contributed by atoms with Crippen molar-refractivity contribution < 1.29 is 9.59 Å². The molecule has 2 N–H and O–H groups in total. The van der Waals surface area contributed by atoms with Crippen LogP contribution in [0.2, 0.25) is 0 Å². The molecular formula is C17H23N5O2. The van der Waals surface area contributed by atoms with Crippen molar-refractivity contribution >= 4 is 17.6 Å². The van der Waals surface area contributed by atoms with Crippen molar-refractivity contribution in [3.05, 3.63) is 47.7 Å². The Bertz CT molecular complexity index is 694. The van der Waals surface area contributed by atoms with Crippen LogP contribution in [0.5, 0.6) is 0 Å². The van der Waals surface area contributed by atoms with E-state index in [2.05, 4.69) is 15.7 Å². The zero-order valence-corrected chi connectivity index (χ0v) is 14.2. The summed E-state index contributed by atoms with van der Waals surface area (Å²) in [7, 11) is 5.56. The van der Waals surface area contributed by atoms with E-state index in [0.29, 0.717) is 12.4 Å². The van der Waals surface area contributed by atoms with Crippen LogP contribution in [0.3, 0.4) is 0 Å². The van der Waals surface area contributed by atoms with Crippen LogP contribution >= 0.6 is 0 Å². The van der Waals surface area contributed by atoms with Crippen molar-refractivity contribution in [1.29, 1.82) is 0 Å². The van der Waals surface area contributed by atoms with Crippen molar-refractivity contribution in [1.82, 2.24) is 20.0 Å². The highest BCUT2D eigenvalue weighted by molar-refractivity contribution is 5.95. The molecule has 0 aliphatic carbocycles. The van der Waals surface area contributed by atoms with E-state index < -0.39 is 0 Å². The average molecular weight is 329 g/mol. The molecule has 7 heteroatoms. The molecule has 0 aliphatic heterocycles. The molecule has 0 unspecified atom stereocenters. The summed E-state index contributed by atoms with van der Waals surface area (Å²) in [5.74, 6) is 0.0912. The summed E-state index contributed by atoms with van der Waals surface area (Å²) >= 11 is 0. The minimum Gasteiger partial charge on any atom is -0.349 e. The van der Waals surface area contributed by atoms with Crippen molar-refractivity contribution in [2.24, 2.45) is 7.05 Å². The summed E-state index contributed by atoms with van der Waals surface area (Å²) in [5.41, 5.74) is 1.21. The lowest BCUT2D eigenvalue weighted by Gasteiger charge is -2.09. The van der Waals surface area contributed by atoms with Crippen LogP contribution in [0.25, 0.3) is 0 Å². The number of benzene rings is 1. The maximum Gasteiger partial charge on any atom is 0.271 e. The molecule has 1 aromatic carbocycles. The third kappa shape index (κ3) is 5.20. The molecule has 2 amide bonds.